The molecule has 0 aliphatic carbocycles. The van der Waals surface area contributed by atoms with Crippen molar-refractivity contribution in [1.82, 2.24) is 9.88 Å². The van der Waals surface area contributed by atoms with Crippen molar-refractivity contribution in [1.29, 1.82) is 5.26 Å². The van der Waals surface area contributed by atoms with E-state index in [1.54, 1.807) is 18.3 Å². The Bertz CT molecular complexity index is 633. The highest BCUT2D eigenvalue weighted by molar-refractivity contribution is 8.01. The van der Waals surface area contributed by atoms with E-state index in [0.29, 0.717) is 5.56 Å². The van der Waals surface area contributed by atoms with Crippen LogP contribution >= 0.6 is 23.4 Å². The van der Waals surface area contributed by atoms with Crippen molar-refractivity contribution in [3.63, 3.8) is 0 Å². The molecule has 7 heteroatoms. The molecule has 5 nitrogen and oxygen atoms in total. The van der Waals surface area contributed by atoms with Crippen LogP contribution in [0.3, 0.4) is 0 Å². The summed E-state index contributed by atoms with van der Waals surface area (Å²) in [6, 6.07) is 5.00. The molecule has 0 spiro atoms. The summed E-state index contributed by atoms with van der Waals surface area (Å²) in [5.74, 6) is -0.393. The first kappa shape index (κ1) is 14.6. The average molecular weight is 324 g/mol. The van der Waals surface area contributed by atoms with Crippen molar-refractivity contribution in [3.05, 3.63) is 30.1 Å². The maximum Gasteiger partial charge on any atom is 0.251 e. The molecule has 0 aromatic carbocycles. The van der Waals surface area contributed by atoms with E-state index >= 15 is 0 Å². The number of fused-ring (bicyclic) bond motifs is 1. The number of β-lactam (4-membered cyclic amide) rings is 1. The average Bonchev–Trinajstić information content (AvgIpc) is 2.75. The van der Waals surface area contributed by atoms with Gasteiger partial charge in [0.2, 0.25) is 0 Å². The predicted octanol–water partition coefficient (Wildman–Crippen LogP) is 1.68. The van der Waals surface area contributed by atoms with Gasteiger partial charge in [-0.05, 0) is 19.9 Å². The molecule has 2 aliphatic rings. The largest absolute Gasteiger partial charge is 0.386 e. The SMILES string of the molecule is CC1(C)SC2N(C(=O)C2(Cl)C(O)c2cccnc2)C1C#N. The number of pyridine rings is 1. The van der Waals surface area contributed by atoms with Gasteiger partial charge < -0.3 is 10.0 Å². The number of nitrogens with zero attached hydrogens (tertiary/aromatic N) is 3. The topological polar surface area (TPSA) is 77.2 Å². The van der Waals surface area contributed by atoms with Gasteiger partial charge >= 0.3 is 0 Å². The van der Waals surface area contributed by atoms with Gasteiger partial charge in [0, 0.05) is 22.7 Å². The Morgan fingerprint density at radius 2 is 2.33 bits per heavy atom. The molecule has 0 radical (unpaired) electrons. The van der Waals surface area contributed by atoms with Crippen molar-refractivity contribution < 1.29 is 9.90 Å². The minimum Gasteiger partial charge on any atom is -0.386 e. The number of aliphatic hydroxyl groups is 1. The highest BCUT2D eigenvalue weighted by atomic mass is 35.5. The lowest BCUT2D eigenvalue weighted by Gasteiger charge is -2.51. The monoisotopic (exact) mass is 323 g/mol. The summed E-state index contributed by atoms with van der Waals surface area (Å²) in [5.41, 5.74) is 0.499. The standard InChI is InChI=1S/C14H14ClN3O2S/c1-13(2)9(6-16)18-11(20)14(15,12(18)21-13)10(19)8-4-3-5-17-7-8/h3-5,7,9-10,12,19H,1-2H3. The number of hydrogen-bond acceptors (Lipinski definition) is 5. The molecule has 4 unspecified atom stereocenters. The number of carbonyl (C=O) groups is 1. The maximum absolute atomic E-state index is 12.5. The van der Waals surface area contributed by atoms with Gasteiger partial charge in [-0.3, -0.25) is 9.78 Å². The molecule has 1 amide bonds. The van der Waals surface area contributed by atoms with Crippen LogP contribution in [0, 0.1) is 11.3 Å². The van der Waals surface area contributed by atoms with Gasteiger partial charge in [0.15, 0.2) is 4.87 Å². The third-order valence-electron chi connectivity index (χ3n) is 4.05. The number of aliphatic hydroxyl groups excluding tert-OH is 1. The fourth-order valence-corrected chi connectivity index (χ4v) is 4.94. The summed E-state index contributed by atoms with van der Waals surface area (Å²) in [6.45, 7) is 3.82. The summed E-state index contributed by atoms with van der Waals surface area (Å²) in [5, 5.41) is 19.4. The van der Waals surface area contributed by atoms with Gasteiger partial charge in [-0.2, -0.15) is 5.26 Å². The lowest BCUT2D eigenvalue weighted by atomic mass is 9.85. The Kier molecular flexibility index (Phi) is 3.21. The van der Waals surface area contributed by atoms with Gasteiger partial charge in [0.25, 0.3) is 5.91 Å². The van der Waals surface area contributed by atoms with E-state index in [1.165, 1.54) is 22.9 Å². The van der Waals surface area contributed by atoms with E-state index < -0.39 is 33.0 Å². The normalized spacial score (nSPS) is 34.8. The van der Waals surface area contributed by atoms with E-state index in [2.05, 4.69) is 11.1 Å². The summed E-state index contributed by atoms with van der Waals surface area (Å²) in [4.78, 5) is 16.5. The smallest absolute Gasteiger partial charge is 0.251 e. The molecule has 1 N–H and O–H groups in total. The van der Waals surface area contributed by atoms with E-state index in [1.807, 2.05) is 13.8 Å². The van der Waals surface area contributed by atoms with Crippen LogP contribution in [0.4, 0.5) is 0 Å². The van der Waals surface area contributed by atoms with Gasteiger partial charge in [0.05, 0.1) is 6.07 Å². The van der Waals surface area contributed by atoms with Crippen LogP contribution in [-0.2, 0) is 4.79 Å². The molecule has 1 aromatic heterocycles. The molecule has 3 heterocycles. The molecule has 110 valence electrons. The molecular formula is C14H14ClN3O2S. The maximum atomic E-state index is 12.5. The number of halogens is 1. The van der Waals surface area contributed by atoms with Crippen molar-refractivity contribution in [2.45, 2.75) is 41.0 Å². The Morgan fingerprint density at radius 1 is 1.62 bits per heavy atom. The first-order valence-electron chi connectivity index (χ1n) is 6.51. The summed E-state index contributed by atoms with van der Waals surface area (Å²) < 4.78 is -0.416. The lowest BCUT2D eigenvalue weighted by Crippen LogP contribution is -2.71. The first-order chi connectivity index (χ1) is 9.84. The molecule has 2 fully saturated rings. The number of alkyl halides is 1. The molecule has 21 heavy (non-hydrogen) atoms. The minimum atomic E-state index is -1.43. The Morgan fingerprint density at radius 3 is 2.90 bits per heavy atom. The van der Waals surface area contributed by atoms with Crippen molar-refractivity contribution in [2.24, 2.45) is 0 Å². The lowest BCUT2D eigenvalue weighted by molar-refractivity contribution is -0.155. The number of amides is 1. The van der Waals surface area contributed by atoms with E-state index in [-0.39, 0.29) is 0 Å². The van der Waals surface area contributed by atoms with Crippen LogP contribution in [0.1, 0.15) is 25.5 Å². The number of thioether (sulfide) groups is 1. The summed E-state index contributed by atoms with van der Waals surface area (Å²) in [6.07, 6.45) is 1.94. The Hall–Kier alpha value is -1.29. The minimum absolute atomic E-state index is 0.393. The third-order valence-corrected chi connectivity index (χ3v) is 6.40. The van der Waals surface area contributed by atoms with Gasteiger partial charge in [-0.15, -0.1) is 23.4 Å². The van der Waals surface area contributed by atoms with Crippen LogP contribution in [0.15, 0.2) is 24.5 Å². The number of nitriles is 1. The third kappa shape index (κ3) is 1.81. The van der Waals surface area contributed by atoms with Crippen LogP contribution < -0.4 is 0 Å². The highest BCUT2D eigenvalue weighted by Gasteiger charge is 2.72. The number of carbonyl (C=O) groups excluding carboxylic acids is 1. The van der Waals surface area contributed by atoms with Crippen molar-refractivity contribution in [3.8, 4) is 6.07 Å². The fourth-order valence-electron chi connectivity index (χ4n) is 2.88. The molecule has 4 atom stereocenters. The number of rotatable bonds is 2. The van der Waals surface area contributed by atoms with E-state index in [9.17, 15) is 15.2 Å². The second-order valence-corrected chi connectivity index (χ2v) is 8.13. The number of hydrogen-bond donors (Lipinski definition) is 1. The second-order valence-electron chi connectivity index (χ2n) is 5.77. The van der Waals surface area contributed by atoms with Crippen LogP contribution in [0.2, 0.25) is 0 Å². The first-order valence-corrected chi connectivity index (χ1v) is 7.77. The molecule has 3 rings (SSSR count). The zero-order valence-corrected chi connectivity index (χ0v) is 13.1. The van der Waals surface area contributed by atoms with E-state index in [4.69, 9.17) is 11.6 Å². The van der Waals surface area contributed by atoms with Crippen LogP contribution in [-0.4, -0.2) is 41.9 Å². The predicted molar refractivity (Wildman–Crippen MR) is 79.5 cm³/mol. The van der Waals surface area contributed by atoms with Gasteiger partial charge in [-0.25, -0.2) is 0 Å². The number of aromatic nitrogens is 1. The molecule has 2 aliphatic heterocycles. The summed E-state index contributed by atoms with van der Waals surface area (Å²) in [7, 11) is 0. The molecule has 0 saturated carbocycles. The zero-order chi connectivity index (χ0) is 15.4. The molecule has 0 bridgehead atoms. The Balaban J connectivity index is 1.95. The zero-order valence-electron chi connectivity index (χ0n) is 11.5. The van der Waals surface area contributed by atoms with E-state index in [0.717, 1.165) is 0 Å². The second kappa shape index (κ2) is 4.60. The summed E-state index contributed by atoms with van der Waals surface area (Å²) >= 11 is 7.95. The van der Waals surface area contributed by atoms with Gasteiger partial charge in [-0.1, -0.05) is 6.07 Å². The van der Waals surface area contributed by atoms with Crippen molar-refractivity contribution >= 4 is 29.3 Å². The molecular weight excluding hydrogens is 310 g/mol. The van der Waals surface area contributed by atoms with Crippen molar-refractivity contribution in [2.75, 3.05) is 0 Å². The fraction of sp³-hybridized carbons (Fsp3) is 0.500. The van der Waals surface area contributed by atoms with Crippen LogP contribution in [0.25, 0.3) is 0 Å². The quantitative estimate of drug-likeness (QED) is 0.662. The Labute approximate surface area is 131 Å². The van der Waals surface area contributed by atoms with Gasteiger partial charge in [0.1, 0.15) is 17.5 Å². The molecule has 2 saturated heterocycles. The highest BCUT2D eigenvalue weighted by Crippen LogP contribution is 2.60. The van der Waals surface area contributed by atoms with Crippen LogP contribution in [0.5, 0.6) is 0 Å². The molecule has 1 aromatic rings.